The van der Waals surface area contributed by atoms with Crippen LogP contribution >= 0.6 is 0 Å². The highest BCUT2D eigenvalue weighted by molar-refractivity contribution is 6.09. The number of benzene rings is 2. The fourth-order valence-corrected chi connectivity index (χ4v) is 2.03. The van der Waals surface area contributed by atoms with E-state index in [1.54, 1.807) is 38.4 Å². The van der Waals surface area contributed by atoms with Gasteiger partial charge in [0, 0.05) is 19.7 Å². The van der Waals surface area contributed by atoms with Crippen molar-refractivity contribution in [3.8, 4) is 5.75 Å². The van der Waals surface area contributed by atoms with E-state index in [4.69, 9.17) is 15.9 Å². The number of fused-ring (bicyclic) bond motifs is 1. The Kier molecular flexibility index (Phi) is 4.49. The zero-order valence-electron chi connectivity index (χ0n) is 12.8. The van der Waals surface area contributed by atoms with Gasteiger partial charge >= 0.3 is 5.97 Å². The van der Waals surface area contributed by atoms with Gasteiger partial charge in [0.1, 0.15) is 17.1 Å². The summed E-state index contributed by atoms with van der Waals surface area (Å²) in [6.07, 6.45) is 0. The van der Waals surface area contributed by atoms with Gasteiger partial charge in [-0.05, 0) is 22.9 Å². The average molecular weight is 315 g/mol. The van der Waals surface area contributed by atoms with Crippen LogP contribution in [0.3, 0.4) is 0 Å². The van der Waals surface area contributed by atoms with Crippen LogP contribution in [0.15, 0.2) is 30.3 Å². The van der Waals surface area contributed by atoms with Crippen LogP contribution in [0.25, 0.3) is 10.8 Å². The zero-order chi connectivity index (χ0) is 17.1. The number of likely N-dealkylation sites (N-methyl/N-ethyl adjacent to an activating group) is 1. The number of rotatable bonds is 4. The second kappa shape index (κ2) is 6.35. The number of amides is 1. The van der Waals surface area contributed by atoms with Gasteiger partial charge in [-0.25, -0.2) is 4.79 Å². The van der Waals surface area contributed by atoms with Crippen LogP contribution in [0.1, 0.15) is 15.9 Å². The van der Waals surface area contributed by atoms with Crippen molar-refractivity contribution in [3.05, 3.63) is 41.5 Å². The highest BCUT2D eigenvalue weighted by atomic mass is 16.5. The Bertz CT molecular complexity index is 799. The fourth-order valence-electron chi connectivity index (χ4n) is 2.03. The Morgan fingerprint density at radius 1 is 1.26 bits per heavy atom. The number of nitrogen functional groups attached to an aromatic ring is 1. The van der Waals surface area contributed by atoms with Crippen molar-refractivity contribution in [1.29, 1.82) is 5.41 Å². The number of nitrogens with two attached hydrogens (primary N) is 1. The summed E-state index contributed by atoms with van der Waals surface area (Å²) in [6, 6.07) is 7.76. The maximum atomic E-state index is 12.2. The molecule has 0 atom stereocenters. The molecule has 0 radical (unpaired) electrons. The monoisotopic (exact) mass is 315 g/mol. The van der Waals surface area contributed by atoms with Crippen molar-refractivity contribution in [2.75, 3.05) is 20.7 Å². The van der Waals surface area contributed by atoms with E-state index in [1.165, 1.54) is 11.0 Å². The van der Waals surface area contributed by atoms with E-state index in [0.717, 1.165) is 0 Å². The molecule has 0 spiro atoms. The number of hydrogen-bond donors (Lipinski definition) is 3. The number of amidine groups is 1. The van der Waals surface area contributed by atoms with Crippen LogP contribution in [0.5, 0.6) is 5.75 Å². The Balaban J connectivity index is 2.39. The number of ether oxygens (including phenoxy) is 1. The normalized spacial score (nSPS) is 10.3. The van der Waals surface area contributed by atoms with Gasteiger partial charge in [0.05, 0.1) is 0 Å². The third-order valence-corrected chi connectivity index (χ3v) is 3.34. The Morgan fingerprint density at radius 3 is 2.57 bits per heavy atom. The molecule has 7 heteroatoms. The Labute approximate surface area is 132 Å². The van der Waals surface area contributed by atoms with Crippen molar-refractivity contribution in [1.82, 2.24) is 4.90 Å². The number of hydrogen-bond acceptors (Lipinski definition) is 5. The van der Waals surface area contributed by atoms with Gasteiger partial charge in [0.2, 0.25) is 0 Å². The molecule has 0 fully saturated rings. The predicted octanol–water partition coefficient (Wildman–Crippen LogP) is 1.07. The lowest BCUT2D eigenvalue weighted by Crippen LogP contribution is -2.27. The number of esters is 1. The third kappa shape index (κ3) is 3.39. The molecule has 0 heterocycles. The highest BCUT2D eigenvalue weighted by Crippen LogP contribution is 2.28. The second-order valence-corrected chi connectivity index (χ2v) is 5.17. The summed E-state index contributed by atoms with van der Waals surface area (Å²) < 4.78 is 4.96. The fraction of sp³-hybridized carbons (Fsp3) is 0.188. The minimum atomic E-state index is -0.793. The van der Waals surface area contributed by atoms with Crippen molar-refractivity contribution in [2.24, 2.45) is 5.73 Å². The molecule has 2 aromatic rings. The standard InChI is InChI=1S/C16H17N3O4/c1-19(2)13(21)8-23-16(22)14-11-5-3-10(15(17)18)7-9(11)4-6-12(14)20/h3-7,20H,8H2,1-2H3,(H3,17,18). The molecule has 0 saturated carbocycles. The smallest absolute Gasteiger partial charge is 0.343 e. The lowest BCUT2D eigenvalue weighted by Gasteiger charge is -2.12. The van der Waals surface area contributed by atoms with Crippen LogP contribution in [0.2, 0.25) is 0 Å². The maximum absolute atomic E-state index is 12.2. The van der Waals surface area contributed by atoms with Crippen molar-refractivity contribution in [3.63, 3.8) is 0 Å². The molecule has 4 N–H and O–H groups in total. The highest BCUT2D eigenvalue weighted by Gasteiger charge is 2.19. The van der Waals surface area contributed by atoms with E-state index in [2.05, 4.69) is 0 Å². The largest absolute Gasteiger partial charge is 0.507 e. The maximum Gasteiger partial charge on any atom is 0.343 e. The van der Waals surface area contributed by atoms with E-state index in [-0.39, 0.29) is 23.1 Å². The minimum Gasteiger partial charge on any atom is -0.507 e. The molecular weight excluding hydrogens is 298 g/mol. The Hall–Kier alpha value is -3.09. The van der Waals surface area contributed by atoms with E-state index < -0.39 is 12.6 Å². The van der Waals surface area contributed by atoms with Gasteiger partial charge in [0.15, 0.2) is 6.61 Å². The molecule has 0 aliphatic rings. The van der Waals surface area contributed by atoms with E-state index in [1.807, 2.05) is 0 Å². The van der Waals surface area contributed by atoms with Crippen LogP contribution in [0, 0.1) is 5.41 Å². The van der Waals surface area contributed by atoms with Crippen molar-refractivity contribution < 1.29 is 19.4 Å². The van der Waals surface area contributed by atoms with Gasteiger partial charge < -0.3 is 20.5 Å². The molecule has 2 aromatic carbocycles. The van der Waals surface area contributed by atoms with E-state index in [9.17, 15) is 14.7 Å². The lowest BCUT2D eigenvalue weighted by molar-refractivity contribution is -0.131. The molecule has 0 aliphatic carbocycles. The molecular formula is C16H17N3O4. The molecule has 1 amide bonds. The first-order valence-corrected chi connectivity index (χ1v) is 6.78. The number of aromatic hydroxyl groups is 1. The average Bonchev–Trinajstić information content (AvgIpc) is 2.51. The second-order valence-electron chi connectivity index (χ2n) is 5.17. The van der Waals surface area contributed by atoms with Crippen LogP contribution in [-0.2, 0) is 9.53 Å². The third-order valence-electron chi connectivity index (χ3n) is 3.34. The lowest BCUT2D eigenvalue weighted by atomic mass is 10.0. The van der Waals surface area contributed by atoms with Crippen molar-refractivity contribution >= 4 is 28.5 Å². The first-order valence-electron chi connectivity index (χ1n) is 6.78. The van der Waals surface area contributed by atoms with E-state index in [0.29, 0.717) is 16.3 Å². The van der Waals surface area contributed by atoms with Gasteiger partial charge in [0.25, 0.3) is 5.91 Å². The molecule has 0 bridgehead atoms. The number of carbonyl (C=O) groups is 2. The summed E-state index contributed by atoms with van der Waals surface area (Å²) in [5.74, 6) is -1.49. The van der Waals surface area contributed by atoms with E-state index >= 15 is 0 Å². The number of nitrogens with zero attached hydrogens (tertiary/aromatic N) is 1. The molecule has 23 heavy (non-hydrogen) atoms. The van der Waals surface area contributed by atoms with Gasteiger partial charge in [-0.1, -0.05) is 18.2 Å². The predicted molar refractivity (Wildman–Crippen MR) is 85.6 cm³/mol. The molecule has 0 aromatic heterocycles. The molecule has 120 valence electrons. The number of phenolic OH excluding ortho intramolecular Hbond substituents is 1. The molecule has 0 unspecified atom stereocenters. The summed E-state index contributed by atoms with van der Waals surface area (Å²) in [6.45, 7) is -0.410. The first-order chi connectivity index (χ1) is 10.8. The number of nitrogens with one attached hydrogen (secondary N) is 1. The van der Waals surface area contributed by atoms with Gasteiger partial charge in [-0.15, -0.1) is 0 Å². The number of carbonyl (C=O) groups excluding carboxylic acids is 2. The summed E-state index contributed by atoms with van der Waals surface area (Å²) in [7, 11) is 3.10. The molecule has 2 rings (SSSR count). The quantitative estimate of drug-likeness (QED) is 0.443. The van der Waals surface area contributed by atoms with Gasteiger partial charge in [-0.3, -0.25) is 10.2 Å². The topological polar surface area (TPSA) is 117 Å². The first kappa shape index (κ1) is 16.3. The van der Waals surface area contributed by atoms with Crippen LogP contribution in [0.4, 0.5) is 0 Å². The minimum absolute atomic E-state index is 0.0239. The summed E-state index contributed by atoms with van der Waals surface area (Å²) >= 11 is 0. The van der Waals surface area contributed by atoms with Crippen molar-refractivity contribution in [2.45, 2.75) is 0 Å². The Morgan fingerprint density at radius 2 is 1.96 bits per heavy atom. The van der Waals surface area contributed by atoms with Crippen LogP contribution in [-0.4, -0.2) is 48.4 Å². The zero-order valence-corrected chi connectivity index (χ0v) is 12.8. The molecule has 0 saturated heterocycles. The molecule has 0 aliphatic heterocycles. The molecule has 7 nitrogen and oxygen atoms in total. The summed E-state index contributed by atoms with van der Waals surface area (Å²) in [5, 5.41) is 18.5. The van der Waals surface area contributed by atoms with Crippen LogP contribution < -0.4 is 5.73 Å². The van der Waals surface area contributed by atoms with Gasteiger partial charge in [-0.2, -0.15) is 0 Å². The summed E-state index contributed by atoms with van der Waals surface area (Å²) in [4.78, 5) is 25.0. The SMILES string of the molecule is CN(C)C(=O)COC(=O)c1c(O)ccc2cc(C(=N)N)ccc12. The summed E-state index contributed by atoms with van der Waals surface area (Å²) in [5.41, 5.74) is 5.92. The number of phenols is 1.